The van der Waals surface area contributed by atoms with E-state index in [0.717, 1.165) is 46.2 Å². The van der Waals surface area contributed by atoms with Gasteiger partial charge in [0.1, 0.15) is 29.0 Å². The van der Waals surface area contributed by atoms with Crippen LogP contribution in [0, 0.1) is 6.92 Å². The molecule has 0 aromatic carbocycles. The van der Waals surface area contributed by atoms with Crippen molar-refractivity contribution in [3.8, 4) is 11.3 Å². The predicted octanol–water partition coefficient (Wildman–Crippen LogP) is 2.14. The van der Waals surface area contributed by atoms with Gasteiger partial charge in [-0.2, -0.15) is 0 Å². The highest BCUT2D eigenvalue weighted by molar-refractivity contribution is 5.99. The molecular weight excluding hydrogens is 408 g/mol. The van der Waals surface area contributed by atoms with Gasteiger partial charge in [0.2, 0.25) is 5.91 Å². The molecule has 1 saturated heterocycles. The minimum Gasteiger partial charge on any atom is -0.383 e. The molecule has 10 nitrogen and oxygen atoms in total. The second kappa shape index (κ2) is 8.12. The van der Waals surface area contributed by atoms with Gasteiger partial charge in [-0.05, 0) is 43.5 Å². The Morgan fingerprint density at radius 2 is 2.00 bits per heavy atom. The molecule has 32 heavy (non-hydrogen) atoms. The zero-order chi connectivity index (χ0) is 22.2. The van der Waals surface area contributed by atoms with Gasteiger partial charge in [0.25, 0.3) is 0 Å². The highest BCUT2D eigenvalue weighted by atomic mass is 16.5. The molecule has 1 aliphatic heterocycles. The Bertz CT molecular complexity index is 1310. The normalized spacial score (nSPS) is 15.0. The van der Waals surface area contributed by atoms with Gasteiger partial charge >= 0.3 is 0 Å². The number of hydrogen-bond acceptors (Lipinski definition) is 8. The lowest BCUT2D eigenvalue weighted by molar-refractivity contribution is -0.136. The fourth-order valence-corrected chi connectivity index (χ4v) is 4.20. The molecule has 5 rings (SSSR count). The summed E-state index contributed by atoms with van der Waals surface area (Å²) in [6, 6.07) is 5.99. The number of aryl methyl sites for hydroxylation is 1. The molecule has 10 heteroatoms. The van der Waals surface area contributed by atoms with E-state index in [1.807, 2.05) is 34.7 Å². The maximum Gasteiger partial charge on any atom is 0.248 e. The van der Waals surface area contributed by atoms with Crippen molar-refractivity contribution in [1.29, 1.82) is 0 Å². The molecule has 1 amide bonds. The van der Waals surface area contributed by atoms with E-state index < -0.39 is 0 Å². The quantitative estimate of drug-likeness (QED) is 0.520. The molecule has 0 aliphatic carbocycles. The topological polar surface area (TPSA) is 125 Å². The van der Waals surface area contributed by atoms with Crippen LogP contribution in [0.2, 0.25) is 0 Å². The van der Waals surface area contributed by atoms with Gasteiger partial charge in [-0.15, -0.1) is 5.10 Å². The molecule has 1 fully saturated rings. The number of fused-ring (bicyclic) bond motifs is 3. The van der Waals surface area contributed by atoms with Crippen LogP contribution >= 0.6 is 0 Å². The monoisotopic (exact) mass is 432 g/mol. The lowest BCUT2D eigenvalue weighted by atomic mass is 10.0. The van der Waals surface area contributed by atoms with E-state index in [2.05, 4.69) is 20.3 Å². The number of hydrogen-bond donors (Lipinski definition) is 1. The zero-order valence-corrected chi connectivity index (χ0v) is 18.0. The SMILES string of the molecule is COCC(=O)N1CCC(n2nnc3cnc4ccc(-c5cnc(N)c(C)c5)nc4c32)CC1. The largest absolute Gasteiger partial charge is 0.383 e. The fraction of sp³-hybridized carbons (Fsp3) is 0.364. The van der Waals surface area contributed by atoms with Crippen LogP contribution in [0.3, 0.4) is 0 Å². The molecule has 5 heterocycles. The first-order chi connectivity index (χ1) is 15.5. The highest BCUT2D eigenvalue weighted by Crippen LogP contribution is 2.30. The zero-order valence-electron chi connectivity index (χ0n) is 18.0. The van der Waals surface area contributed by atoms with Gasteiger partial charge in [-0.3, -0.25) is 9.78 Å². The third-order valence-corrected chi connectivity index (χ3v) is 5.99. The van der Waals surface area contributed by atoms with E-state index in [9.17, 15) is 4.79 Å². The van der Waals surface area contributed by atoms with E-state index in [0.29, 0.717) is 24.4 Å². The minimum absolute atomic E-state index is 0.0164. The molecule has 0 spiro atoms. The number of aromatic nitrogens is 6. The van der Waals surface area contributed by atoms with Crippen LogP contribution in [0.25, 0.3) is 33.3 Å². The predicted molar refractivity (Wildman–Crippen MR) is 120 cm³/mol. The standard InChI is InChI=1S/C22H24N8O2/c1-13-9-14(10-25-22(13)23)16-3-4-17-20(26-16)21-18(11-24-17)27-28-30(21)15-5-7-29(8-6-15)19(31)12-32-2/h3-4,9-11,15H,5-8,12H2,1-2H3,(H2,23,25). The van der Waals surface area contributed by atoms with Crippen LogP contribution in [0.1, 0.15) is 24.4 Å². The van der Waals surface area contributed by atoms with Crippen molar-refractivity contribution in [3.05, 3.63) is 36.2 Å². The molecule has 2 N–H and O–H groups in total. The van der Waals surface area contributed by atoms with Gasteiger partial charge in [-0.1, -0.05) is 5.21 Å². The first-order valence-electron chi connectivity index (χ1n) is 10.5. The highest BCUT2D eigenvalue weighted by Gasteiger charge is 2.26. The van der Waals surface area contributed by atoms with Gasteiger partial charge < -0.3 is 15.4 Å². The molecular formula is C22H24N8O2. The summed E-state index contributed by atoms with van der Waals surface area (Å²) in [6.07, 6.45) is 5.04. The molecule has 164 valence electrons. The number of carbonyl (C=O) groups is 1. The summed E-state index contributed by atoms with van der Waals surface area (Å²) in [5.74, 6) is 0.527. The molecule has 1 aliphatic rings. The summed E-state index contributed by atoms with van der Waals surface area (Å²) >= 11 is 0. The number of rotatable bonds is 4. The maximum absolute atomic E-state index is 12.1. The van der Waals surface area contributed by atoms with E-state index in [1.54, 1.807) is 12.4 Å². The van der Waals surface area contributed by atoms with Crippen molar-refractivity contribution >= 4 is 33.8 Å². The number of piperidine rings is 1. The number of methoxy groups -OCH3 is 1. The average molecular weight is 432 g/mol. The third-order valence-electron chi connectivity index (χ3n) is 5.99. The maximum atomic E-state index is 12.1. The summed E-state index contributed by atoms with van der Waals surface area (Å²) in [5.41, 5.74) is 11.5. The minimum atomic E-state index is 0.0164. The summed E-state index contributed by atoms with van der Waals surface area (Å²) in [4.78, 5) is 27.7. The molecule has 0 unspecified atom stereocenters. The molecule has 4 aromatic heterocycles. The number of likely N-dealkylation sites (tertiary alicyclic amines) is 1. The molecule has 0 atom stereocenters. The van der Waals surface area contributed by atoms with Crippen LogP contribution in [-0.2, 0) is 9.53 Å². The summed E-state index contributed by atoms with van der Waals surface area (Å²) < 4.78 is 6.92. The second-order valence-electron chi connectivity index (χ2n) is 8.06. The molecule has 0 saturated carbocycles. The smallest absolute Gasteiger partial charge is 0.248 e. The van der Waals surface area contributed by atoms with E-state index in [4.69, 9.17) is 15.5 Å². The van der Waals surface area contributed by atoms with Gasteiger partial charge in [-0.25, -0.2) is 14.6 Å². The van der Waals surface area contributed by atoms with E-state index in [1.165, 1.54) is 7.11 Å². The number of amides is 1. The number of nitrogens with zero attached hydrogens (tertiary/aromatic N) is 7. The summed E-state index contributed by atoms with van der Waals surface area (Å²) in [6.45, 7) is 3.35. The van der Waals surface area contributed by atoms with Crippen LogP contribution in [0.15, 0.2) is 30.6 Å². The number of pyridine rings is 3. The van der Waals surface area contributed by atoms with Crippen molar-refractivity contribution in [1.82, 2.24) is 34.8 Å². The van der Waals surface area contributed by atoms with Crippen LogP contribution in [0.4, 0.5) is 5.82 Å². The number of carbonyl (C=O) groups excluding carboxylic acids is 1. The fourth-order valence-electron chi connectivity index (χ4n) is 4.20. The van der Waals surface area contributed by atoms with E-state index >= 15 is 0 Å². The Kier molecular flexibility index (Phi) is 5.14. The lowest BCUT2D eigenvalue weighted by Crippen LogP contribution is -2.40. The second-order valence-corrected chi connectivity index (χ2v) is 8.06. The van der Waals surface area contributed by atoms with Gasteiger partial charge in [0, 0.05) is 32.0 Å². The molecule has 0 bridgehead atoms. The van der Waals surface area contributed by atoms with Crippen LogP contribution < -0.4 is 5.73 Å². The third kappa shape index (κ3) is 3.52. The number of nitrogen functional groups attached to an aromatic ring is 1. The first-order valence-corrected chi connectivity index (χ1v) is 10.5. The van der Waals surface area contributed by atoms with Gasteiger partial charge in [0.05, 0.1) is 23.4 Å². The Morgan fingerprint density at radius 3 is 2.75 bits per heavy atom. The van der Waals surface area contributed by atoms with Crippen LogP contribution in [-0.4, -0.2) is 67.6 Å². The van der Waals surface area contributed by atoms with E-state index in [-0.39, 0.29) is 18.6 Å². The van der Waals surface area contributed by atoms with Crippen molar-refractivity contribution < 1.29 is 9.53 Å². The molecule has 0 radical (unpaired) electrons. The van der Waals surface area contributed by atoms with Crippen molar-refractivity contribution in [2.75, 3.05) is 32.5 Å². The summed E-state index contributed by atoms with van der Waals surface area (Å²) in [5, 5.41) is 8.77. The Balaban J connectivity index is 1.53. The van der Waals surface area contributed by atoms with Crippen molar-refractivity contribution in [2.45, 2.75) is 25.8 Å². The van der Waals surface area contributed by atoms with Crippen LogP contribution in [0.5, 0.6) is 0 Å². The number of anilines is 1. The first kappa shape index (κ1) is 20.3. The number of ether oxygens (including phenoxy) is 1. The Morgan fingerprint density at radius 1 is 1.19 bits per heavy atom. The van der Waals surface area contributed by atoms with Crippen molar-refractivity contribution in [2.24, 2.45) is 0 Å². The van der Waals surface area contributed by atoms with Gasteiger partial charge in [0.15, 0.2) is 0 Å². The summed E-state index contributed by atoms with van der Waals surface area (Å²) in [7, 11) is 1.54. The Labute approximate surface area is 184 Å². The lowest BCUT2D eigenvalue weighted by Gasteiger charge is -2.32. The number of nitrogens with two attached hydrogens (primary N) is 1. The Hall–Kier alpha value is -3.66. The average Bonchev–Trinajstić information content (AvgIpc) is 3.25. The molecule has 4 aromatic rings. The van der Waals surface area contributed by atoms with Crippen molar-refractivity contribution in [3.63, 3.8) is 0 Å².